The van der Waals surface area contributed by atoms with Gasteiger partial charge in [0.05, 0.1) is 15.8 Å². The van der Waals surface area contributed by atoms with E-state index in [2.05, 4.69) is 4.98 Å². The van der Waals surface area contributed by atoms with Crippen molar-refractivity contribution in [1.29, 1.82) is 0 Å². The molecule has 0 radical (unpaired) electrons. The highest BCUT2D eigenvalue weighted by Crippen LogP contribution is 2.29. The molecule has 0 spiro atoms. The predicted molar refractivity (Wildman–Crippen MR) is 62.3 cm³/mol. The lowest BCUT2D eigenvalue weighted by Gasteiger charge is -2.28. The highest BCUT2D eigenvalue weighted by Gasteiger charge is 2.33. The third-order valence-corrected chi connectivity index (χ3v) is 3.32. The van der Waals surface area contributed by atoms with Gasteiger partial charge in [-0.3, -0.25) is 4.98 Å². The van der Waals surface area contributed by atoms with Crippen LogP contribution in [0.15, 0.2) is 23.7 Å². The normalized spacial score (nSPS) is 12.2. The third kappa shape index (κ3) is 1.72. The number of ether oxygens (including phenoxy) is 3. The van der Waals surface area contributed by atoms with Crippen LogP contribution in [0.25, 0.3) is 10.2 Å². The van der Waals surface area contributed by atoms with Crippen LogP contribution in [0.2, 0.25) is 0 Å². The molecule has 4 nitrogen and oxygen atoms in total. The van der Waals surface area contributed by atoms with Crippen LogP contribution >= 0.6 is 11.3 Å². The van der Waals surface area contributed by atoms with Gasteiger partial charge in [-0.25, -0.2) is 0 Å². The highest BCUT2D eigenvalue weighted by atomic mass is 32.1. The maximum atomic E-state index is 5.27. The number of aromatic nitrogens is 1. The molecule has 0 fully saturated rings. The van der Waals surface area contributed by atoms with E-state index in [0.29, 0.717) is 0 Å². The Bertz CT molecular complexity index is 471. The zero-order chi connectivity index (χ0) is 11.6. The molecule has 2 heterocycles. The summed E-state index contributed by atoms with van der Waals surface area (Å²) < 4.78 is 16.9. The first-order valence-corrected chi connectivity index (χ1v) is 5.63. The molecule has 16 heavy (non-hydrogen) atoms. The van der Waals surface area contributed by atoms with E-state index in [-0.39, 0.29) is 0 Å². The van der Waals surface area contributed by atoms with E-state index in [1.54, 1.807) is 17.5 Å². The Hall–Kier alpha value is -1.01. The maximum absolute atomic E-state index is 5.27. The molecule has 0 aliphatic carbocycles. The van der Waals surface area contributed by atoms with Gasteiger partial charge in [0, 0.05) is 27.5 Å². The van der Waals surface area contributed by atoms with Crippen LogP contribution in [-0.4, -0.2) is 26.3 Å². The van der Waals surface area contributed by atoms with Crippen molar-refractivity contribution in [2.24, 2.45) is 0 Å². The summed E-state index contributed by atoms with van der Waals surface area (Å²) in [6.45, 7) is 0. The molecule has 0 N–H and O–H groups in total. The molecule has 2 rings (SSSR count). The maximum Gasteiger partial charge on any atom is 0.312 e. The summed E-state index contributed by atoms with van der Waals surface area (Å²) in [5.74, 6) is -1.18. The van der Waals surface area contributed by atoms with Crippen molar-refractivity contribution in [3.63, 3.8) is 0 Å². The van der Waals surface area contributed by atoms with Crippen molar-refractivity contribution >= 4 is 21.6 Å². The van der Waals surface area contributed by atoms with Crippen molar-refractivity contribution in [3.8, 4) is 0 Å². The topological polar surface area (TPSA) is 40.6 Å². The second-order valence-corrected chi connectivity index (χ2v) is 4.14. The van der Waals surface area contributed by atoms with Crippen LogP contribution < -0.4 is 0 Å². The fourth-order valence-corrected chi connectivity index (χ4v) is 2.40. The largest absolute Gasteiger partial charge is 0.327 e. The van der Waals surface area contributed by atoms with Crippen molar-refractivity contribution < 1.29 is 14.2 Å². The molecule has 86 valence electrons. The van der Waals surface area contributed by atoms with Crippen LogP contribution in [-0.2, 0) is 20.2 Å². The molecule has 0 atom stereocenters. The number of hydrogen-bond donors (Lipinski definition) is 0. The van der Waals surface area contributed by atoms with Crippen LogP contribution in [0, 0.1) is 0 Å². The van der Waals surface area contributed by atoms with Gasteiger partial charge in [-0.1, -0.05) is 0 Å². The third-order valence-electron chi connectivity index (χ3n) is 2.46. The fourth-order valence-electron chi connectivity index (χ4n) is 1.62. The quantitative estimate of drug-likeness (QED) is 0.768. The summed E-state index contributed by atoms with van der Waals surface area (Å²) in [4.78, 5) is 4.32. The van der Waals surface area contributed by atoms with E-state index in [1.807, 2.05) is 17.5 Å². The summed E-state index contributed by atoms with van der Waals surface area (Å²) >= 11 is 1.62. The Morgan fingerprint density at radius 3 is 2.50 bits per heavy atom. The first-order chi connectivity index (χ1) is 7.75. The Labute approximate surface area is 97.8 Å². The van der Waals surface area contributed by atoms with Crippen molar-refractivity contribution in [2.45, 2.75) is 5.97 Å². The monoisotopic (exact) mass is 239 g/mol. The summed E-state index contributed by atoms with van der Waals surface area (Å²) in [6, 6.07) is 3.93. The second-order valence-electron chi connectivity index (χ2n) is 3.20. The van der Waals surface area contributed by atoms with Crippen LogP contribution in [0.3, 0.4) is 0 Å². The van der Waals surface area contributed by atoms with Gasteiger partial charge >= 0.3 is 5.97 Å². The average molecular weight is 239 g/mol. The Morgan fingerprint density at radius 1 is 1.19 bits per heavy atom. The average Bonchev–Trinajstić information content (AvgIpc) is 2.79. The zero-order valence-corrected chi connectivity index (χ0v) is 10.2. The predicted octanol–water partition coefficient (Wildman–Crippen LogP) is 2.35. The number of hydrogen-bond acceptors (Lipinski definition) is 5. The van der Waals surface area contributed by atoms with Gasteiger partial charge in [-0.2, -0.15) is 0 Å². The molecule has 0 bridgehead atoms. The lowest BCUT2D eigenvalue weighted by atomic mass is 10.2. The first-order valence-electron chi connectivity index (χ1n) is 4.75. The molecular weight excluding hydrogens is 226 g/mol. The number of methoxy groups -OCH3 is 3. The van der Waals surface area contributed by atoms with E-state index in [9.17, 15) is 0 Å². The molecule has 0 aromatic carbocycles. The second kappa shape index (κ2) is 4.47. The molecule has 0 aliphatic heterocycles. The van der Waals surface area contributed by atoms with Crippen LogP contribution in [0.4, 0.5) is 0 Å². The van der Waals surface area contributed by atoms with E-state index in [0.717, 1.165) is 15.8 Å². The molecular formula is C11H13NO3S. The van der Waals surface area contributed by atoms with Gasteiger partial charge in [0.1, 0.15) is 0 Å². The lowest BCUT2D eigenvalue weighted by Crippen LogP contribution is -2.32. The van der Waals surface area contributed by atoms with Crippen LogP contribution in [0.1, 0.15) is 5.56 Å². The highest BCUT2D eigenvalue weighted by molar-refractivity contribution is 7.17. The summed E-state index contributed by atoms with van der Waals surface area (Å²) in [7, 11) is 4.60. The van der Waals surface area contributed by atoms with Crippen molar-refractivity contribution in [1.82, 2.24) is 4.98 Å². The van der Waals surface area contributed by atoms with E-state index in [4.69, 9.17) is 14.2 Å². The Balaban J connectivity index is 2.51. The zero-order valence-electron chi connectivity index (χ0n) is 9.39. The number of nitrogens with zero attached hydrogens (tertiary/aromatic N) is 1. The molecule has 2 aromatic rings. The molecule has 0 unspecified atom stereocenters. The minimum absolute atomic E-state index is 0.745. The van der Waals surface area contributed by atoms with Gasteiger partial charge in [-0.15, -0.1) is 11.3 Å². The summed E-state index contributed by atoms with van der Waals surface area (Å²) in [5, 5.41) is 2.00. The standard InChI is InChI=1S/C11H13NO3S/c1-13-11(14-2,15-3)8-6-10-9(12-7-8)4-5-16-10/h4-7H,1-3H3. The van der Waals surface area contributed by atoms with Crippen molar-refractivity contribution in [2.75, 3.05) is 21.3 Å². The molecule has 0 aliphatic rings. The smallest absolute Gasteiger partial charge is 0.312 e. The van der Waals surface area contributed by atoms with E-state index < -0.39 is 5.97 Å². The van der Waals surface area contributed by atoms with Gasteiger partial charge in [0.25, 0.3) is 0 Å². The SMILES string of the molecule is COC(OC)(OC)c1cnc2ccsc2c1. The summed E-state index contributed by atoms with van der Waals surface area (Å²) in [6.07, 6.45) is 1.70. The number of fused-ring (bicyclic) bond motifs is 1. The summed E-state index contributed by atoms with van der Waals surface area (Å²) in [5.41, 5.74) is 1.71. The molecule has 5 heteroatoms. The molecule has 0 saturated heterocycles. The van der Waals surface area contributed by atoms with Gasteiger partial charge < -0.3 is 14.2 Å². The van der Waals surface area contributed by atoms with E-state index in [1.165, 1.54) is 21.3 Å². The van der Waals surface area contributed by atoms with E-state index >= 15 is 0 Å². The van der Waals surface area contributed by atoms with Crippen molar-refractivity contribution in [3.05, 3.63) is 29.3 Å². The first kappa shape index (κ1) is 11.5. The Morgan fingerprint density at radius 2 is 1.88 bits per heavy atom. The van der Waals surface area contributed by atoms with Gasteiger partial charge in [0.2, 0.25) is 0 Å². The molecule has 0 saturated carbocycles. The fraction of sp³-hybridized carbons (Fsp3) is 0.364. The minimum atomic E-state index is -1.18. The lowest BCUT2D eigenvalue weighted by molar-refractivity contribution is -0.364. The van der Waals surface area contributed by atoms with Gasteiger partial charge in [0.15, 0.2) is 0 Å². The minimum Gasteiger partial charge on any atom is -0.327 e. The number of thiophene rings is 1. The molecule has 2 aromatic heterocycles. The Kier molecular flexibility index (Phi) is 3.20. The van der Waals surface area contributed by atoms with Crippen LogP contribution in [0.5, 0.6) is 0 Å². The number of pyridine rings is 1. The molecule has 0 amide bonds. The van der Waals surface area contributed by atoms with Gasteiger partial charge in [-0.05, 0) is 17.5 Å². The number of rotatable bonds is 4.